The number of aryl methyl sites for hydroxylation is 1. The number of hydrogen-bond acceptors (Lipinski definition) is 10. The maximum atomic E-state index is 15.3. The van der Waals surface area contributed by atoms with E-state index in [9.17, 15) is 4.79 Å². The smallest absolute Gasteiger partial charge is 0.322 e. The van der Waals surface area contributed by atoms with Crippen LogP contribution >= 0.6 is 0 Å². The van der Waals surface area contributed by atoms with E-state index in [1.165, 1.54) is 19.2 Å². The van der Waals surface area contributed by atoms with Gasteiger partial charge in [-0.25, -0.2) is 24.3 Å². The minimum absolute atomic E-state index is 0.0175. The number of carbonyl (C=O) groups is 1. The van der Waals surface area contributed by atoms with Gasteiger partial charge in [0.15, 0.2) is 11.6 Å². The van der Waals surface area contributed by atoms with E-state index >= 15 is 4.39 Å². The van der Waals surface area contributed by atoms with Gasteiger partial charge in [0.1, 0.15) is 5.75 Å². The summed E-state index contributed by atoms with van der Waals surface area (Å²) in [5.41, 5.74) is 3.41. The average molecular weight is 598 g/mol. The van der Waals surface area contributed by atoms with E-state index in [2.05, 4.69) is 42.3 Å². The molecule has 44 heavy (non-hydrogen) atoms. The van der Waals surface area contributed by atoms with E-state index in [-0.39, 0.29) is 11.8 Å². The van der Waals surface area contributed by atoms with E-state index < -0.39 is 11.7 Å². The SMILES string of the molecule is CC#CC(=O)Nc1ccc(-c2nc(NCCN3CCOCC3)ncc2-c2ccc(Oc3nccc(C)n3)c(F)c2)c(OC)c1. The molecule has 2 N–H and O–H groups in total. The Bertz CT molecular complexity index is 1700. The number of hydrogen-bond donors (Lipinski definition) is 2. The number of aromatic nitrogens is 4. The van der Waals surface area contributed by atoms with E-state index in [1.807, 2.05) is 0 Å². The fraction of sp³-hybridized carbons (Fsp3) is 0.281. The Morgan fingerprint density at radius 2 is 1.91 bits per heavy atom. The van der Waals surface area contributed by atoms with Crippen molar-refractivity contribution in [2.45, 2.75) is 13.8 Å². The quantitative estimate of drug-likeness (QED) is 0.252. The molecule has 0 aliphatic carbocycles. The summed E-state index contributed by atoms with van der Waals surface area (Å²) in [4.78, 5) is 31.9. The van der Waals surface area contributed by atoms with Crippen molar-refractivity contribution in [2.24, 2.45) is 0 Å². The summed E-state index contributed by atoms with van der Waals surface area (Å²) in [5, 5.41) is 6.02. The van der Waals surface area contributed by atoms with Crippen LogP contribution in [0.25, 0.3) is 22.4 Å². The first-order chi connectivity index (χ1) is 21.4. The van der Waals surface area contributed by atoms with Crippen LogP contribution < -0.4 is 20.1 Å². The molecule has 226 valence electrons. The minimum atomic E-state index is -0.603. The molecule has 1 aliphatic heterocycles. The minimum Gasteiger partial charge on any atom is -0.496 e. The molecule has 2 aromatic heterocycles. The van der Waals surface area contributed by atoms with Crippen LogP contribution in [0.2, 0.25) is 0 Å². The standard InChI is InChI=1S/C32H32FN7O4/c1-4-5-29(41)38-23-7-8-24(28(19-23)42-3)30-25(20-36-31(39-30)34-12-13-40-14-16-43-17-15-40)22-6-9-27(26(33)18-22)44-32-35-11-10-21(2)37-32/h6-11,18-20H,12-17H2,1-3H3,(H,38,41)(H,34,36,39). The van der Waals surface area contributed by atoms with E-state index in [0.29, 0.717) is 52.0 Å². The maximum Gasteiger partial charge on any atom is 0.322 e. The first kappa shape index (κ1) is 30.3. The van der Waals surface area contributed by atoms with Gasteiger partial charge >= 0.3 is 6.01 Å². The van der Waals surface area contributed by atoms with Gasteiger partial charge in [0, 0.05) is 67.1 Å². The highest BCUT2D eigenvalue weighted by atomic mass is 19.1. The number of anilines is 2. The number of rotatable bonds is 10. The molecule has 1 aliphatic rings. The van der Waals surface area contributed by atoms with E-state index in [4.69, 9.17) is 19.2 Å². The van der Waals surface area contributed by atoms with Gasteiger partial charge in [-0.05, 0) is 55.7 Å². The van der Waals surface area contributed by atoms with Crippen molar-refractivity contribution >= 4 is 17.5 Å². The molecule has 1 saturated heterocycles. The molecule has 0 spiro atoms. The van der Waals surface area contributed by atoms with E-state index in [1.54, 1.807) is 56.6 Å². The molecule has 1 amide bonds. The summed E-state index contributed by atoms with van der Waals surface area (Å²) in [7, 11) is 1.53. The number of morpholine rings is 1. The predicted octanol–water partition coefficient (Wildman–Crippen LogP) is 4.55. The highest BCUT2D eigenvalue weighted by Gasteiger charge is 2.19. The van der Waals surface area contributed by atoms with Gasteiger partial charge in [0.05, 0.1) is 26.0 Å². The lowest BCUT2D eigenvalue weighted by atomic mass is 9.99. The van der Waals surface area contributed by atoms with Crippen LogP contribution in [0.3, 0.4) is 0 Å². The summed E-state index contributed by atoms with van der Waals surface area (Å²) in [6, 6.07) is 11.5. The summed E-state index contributed by atoms with van der Waals surface area (Å²) in [6.07, 6.45) is 3.19. The molecule has 1 fully saturated rings. The van der Waals surface area contributed by atoms with Crippen LogP contribution in [0.4, 0.5) is 16.0 Å². The van der Waals surface area contributed by atoms with Gasteiger partial charge in [-0.15, -0.1) is 0 Å². The fourth-order valence-corrected chi connectivity index (χ4v) is 4.60. The number of carbonyl (C=O) groups excluding carboxylic acids is 1. The summed E-state index contributed by atoms with van der Waals surface area (Å²) in [6.45, 7) is 8.00. The maximum absolute atomic E-state index is 15.3. The second kappa shape index (κ2) is 14.4. The monoisotopic (exact) mass is 597 g/mol. The molecule has 2 aromatic carbocycles. The Kier molecular flexibility index (Phi) is 9.91. The predicted molar refractivity (Wildman–Crippen MR) is 164 cm³/mol. The van der Waals surface area contributed by atoms with Crippen molar-refractivity contribution in [3.63, 3.8) is 0 Å². The van der Waals surface area contributed by atoms with E-state index in [0.717, 1.165) is 32.8 Å². The second-order valence-corrected chi connectivity index (χ2v) is 9.81. The zero-order valence-electron chi connectivity index (χ0n) is 24.7. The normalized spacial score (nSPS) is 13.0. The van der Waals surface area contributed by atoms with Crippen LogP contribution in [-0.2, 0) is 9.53 Å². The van der Waals surface area contributed by atoms with Gasteiger partial charge in [0.25, 0.3) is 5.91 Å². The van der Waals surface area contributed by atoms with Crippen molar-refractivity contribution < 1.29 is 23.4 Å². The first-order valence-corrected chi connectivity index (χ1v) is 14.0. The van der Waals surface area contributed by atoms with Crippen LogP contribution in [0, 0.1) is 24.6 Å². The molecule has 0 saturated carbocycles. The van der Waals surface area contributed by atoms with Gasteiger partial charge in [-0.1, -0.05) is 12.0 Å². The molecule has 5 rings (SSSR count). The molecular weight excluding hydrogens is 565 g/mol. The van der Waals surface area contributed by atoms with Gasteiger partial charge < -0.3 is 24.8 Å². The third-order valence-electron chi connectivity index (χ3n) is 6.77. The van der Waals surface area contributed by atoms with Crippen LogP contribution in [0.15, 0.2) is 54.9 Å². The zero-order valence-corrected chi connectivity index (χ0v) is 24.7. The summed E-state index contributed by atoms with van der Waals surface area (Å²) < 4.78 is 32.1. The number of nitrogens with one attached hydrogen (secondary N) is 2. The van der Waals surface area contributed by atoms with Crippen molar-refractivity contribution in [2.75, 3.05) is 57.1 Å². The fourth-order valence-electron chi connectivity index (χ4n) is 4.60. The number of amides is 1. The van der Waals surface area contributed by atoms with Gasteiger partial charge in [-0.3, -0.25) is 9.69 Å². The Balaban J connectivity index is 1.48. The van der Waals surface area contributed by atoms with Crippen molar-refractivity contribution in [3.8, 4) is 51.7 Å². The first-order valence-electron chi connectivity index (χ1n) is 14.0. The molecule has 0 bridgehead atoms. The average Bonchev–Trinajstić information content (AvgIpc) is 3.02. The Morgan fingerprint density at radius 3 is 2.66 bits per heavy atom. The molecule has 11 nitrogen and oxygen atoms in total. The van der Waals surface area contributed by atoms with Crippen molar-refractivity contribution in [3.05, 3.63) is 66.4 Å². The Hall–Kier alpha value is -5.12. The Morgan fingerprint density at radius 1 is 1.07 bits per heavy atom. The molecule has 0 radical (unpaired) electrons. The number of ether oxygens (including phenoxy) is 3. The van der Waals surface area contributed by atoms with Crippen LogP contribution in [-0.4, -0.2) is 77.2 Å². The van der Waals surface area contributed by atoms with Crippen molar-refractivity contribution in [1.82, 2.24) is 24.8 Å². The zero-order chi connectivity index (χ0) is 30.9. The van der Waals surface area contributed by atoms with Gasteiger partial charge in [0.2, 0.25) is 5.95 Å². The Labute approximate surface area is 254 Å². The number of halogens is 1. The third kappa shape index (κ3) is 7.63. The molecule has 12 heteroatoms. The number of nitrogens with zero attached hydrogens (tertiary/aromatic N) is 5. The molecule has 4 aromatic rings. The lowest BCUT2D eigenvalue weighted by Gasteiger charge is -2.26. The topological polar surface area (TPSA) is 124 Å². The lowest BCUT2D eigenvalue weighted by Crippen LogP contribution is -2.39. The summed E-state index contributed by atoms with van der Waals surface area (Å²) in [5.74, 6) is 4.82. The highest BCUT2D eigenvalue weighted by Crippen LogP contribution is 2.39. The number of benzene rings is 2. The highest BCUT2D eigenvalue weighted by molar-refractivity contribution is 6.04. The lowest BCUT2D eigenvalue weighted by molar-refractivity contribution is -0.111. The largest absolute Gasteiger partial charge is 0.496 e. The van der Waals surface area contributed by atoms with Gasteiger partial charge in [-0.2, -0.15) is 0 Å². The molecule has 0 atom stereocenters. The second-order valence-electron chi connectivity index (χ2n) is 9.81. The molecule has 3 heterocycles. The van der Waals surface area contributed by atoms with Crippen LogP contribution in [0.1, 0.15) is 12.6 Å². The number of methoxy groups -OCH3 is 1. The van der Waals surface area contributed by atoms with Crippen LogP contribution in [0.5, 0.6) is 17.5 Å². The molecular formula is C32H32FN7O4. The van der Waals surface area contributed by atoms with Crippen molar-refractivity contribution in [1.29, 1.82) is 0 Å². The summed E-state index contributed by atoms with van der Waals surface area (Å²) >= 11 is 0. The third-order valence-corrected chi connectivity index (χ3v) is 6.77. The molecule has 0 unspecified atom stereocenters.